The highest BCUT2D eigenvalue weighted by Crippen LogP contribution is 2.11. The standard InChI is InChI=1S/C16H25N5S.HI/c1-3-17-16(19-11-12-22-2)18-10-6-9-15-20-13-7-4-5-8-14(13)21-15;/h4-5,7-8H,3,6,9-12H2,1-2H3,(H,20,21)(H2,17,18,19);1H. The zero-order valence-corrected chi connectivity index (χ0v) is 16.9. The molecule has 0 bridgehead atoms. The molecule has 128 valence electrons. The summed E-state index contributed by atoms with van der Waals surface area (Å²) in [7, 11) is 0. The zero-order chi connectivity index (χ0) is 15.6. The van der Waals surface area contributed by atoms with Gasteiger partial charge in [0.2, 0.25) is 0 Å². The first kappa shape index (κ1) is 20.1. The number of fused-ring (bicyclic) bond motifs is 1. The lowest BCUT2D eigenvalue weighted by molar-refractivity contribution is 0.775. The van der Waals surface area contributed by atoms with Gasteiger partial charge in [-0.25, -0.2) is 4.98 Å². The summed E-state index contributed by atoms with van der Waals surface area (Å²) >= 11 is 1.83. The summed E-state index contributed by atoms with van der Waals surface area (Å²) in [6.07, 6.45) is 4.01. The second-order valence-electron chi connectivity index (χ2n) is 4.98. The van der Waals surface area contributed by atoms with Gasteiger partial charge in [0.05, 0.1) is 11.0 Å². The minimum Gasteiger partial charge on any atom is -0.357 e. The molecule has 1 aromatic heterocycles. The van der Waals surface area contributed by atoms with Gasteiger partial charge < -0.3 is 15.6 Å². The molecule has 0 saturated heterocycles. The van der Waals surface area contributed by atoms with Gasteiger partial charge in [-0.1, -0.05) is 12.1 Å². The smallest absolute Gasteiger partial charge is 0.191 e. The summed E-state index contributed by atoms with van der Waals surface area (Å²) in [5.41, 5.74) is 2.14. The number of halogens is 1. The maximum atomic E-state index is 4.60. The number of imidazole rings is 1. The minimum absolute atomic E-state index is 0. The van der Waals surface area contributed by atoms with E-state index in [0.29, 0.717) is 0 Å². The van der Waals surface area contributed by atoms with Crippen molar-refractivity contribution in [2.45, 2.75) is 19.8 Å². The van der Waals surface area contributed by atoms with E-state index in [4.69, 9.17) is 0 Å². The fraction of sp³-hybridized carbons (Fsp3) is 0.500. The van der Waals surface area contributed by atoms with Crippen LogP contribution in [0.25, 0.3) is 11.0 Å². The lowest BCUT2D eigenvalue weighted by Crippen LogP contribution is -2.38. The molecular formula is C16H26IN5S. The van der Waals surface area contributed by atoms with E-state index in [0.717, 1.165) is 61.0 Å². The number of hydrogen-bond acceptors (Lipinski definition) is 3. The summed E-state index contributed by atoms with van der Waals surface area (Å²) < 4.78 is 0. The number of benzene rings is 1. The molecule has 5 nitrogen and oxygen atoms in total. The van der Waals surface area contributed by atoms with Gasteiger partial charge in [-0.05, 0) is 31.7 Å². The highest BCUT2D eigenvalue weighted by Gasteiger charge is 2.01. The summed E-state index contributed by atoms with van der Waals surface area (Å²) in [6, 6.07) is 8.13. The number of nitrogens with one attached hydrogen (secondary N) is 3. The quantitative estimate of drug-likeness (QED) is 0.252. The minimum atomic E-state index is 0. The van der Waals surface area contributed by atoms with E-state index in [2.05, 4.69) is 44.8 Å². The molecule has 0 saturated carbocycles. The molecule has 0 spiro atoms. The normalized spacial score (nSPS) is 11.3. The predicted octanol–water partition coefficient (Wildman–Crippen LogP) is 3.03. The molecule has 0 amide bonds. The molecule has 0 aliphatic heterocycles. The fourth-order valence-corrected chi connectivity index (χ4v) is 2.48. The van der Waals surface area contributed by atoms with Gasteiger partial charge >= 0.3 is 0 Å². The number of thioether (sulfide) groups is 1. The molecule has 2 rings (SSSR count). The Morgan fingerprint density at radius 3 is 2.87 bits per heavy atom. The molecule has 0 atom stereocenters. The first-order valence-corrected chi connectivity index (χ1v) is 9.17. The molecule has 0 radical (unpaired) electrons. The number of rotatable bonds is 8. The third-order valence-corrected chi connectivity index (χ3v) is 3.84. The van der Waals surface area contributed by atoms with Crippen LogP contribution in [-0.4, -0.2) is 47.6 Å². The van der Waals surface area contributed by atoms with Crippen LogP contribution in [0.5, 0.6) is 0 Å². The van der Waals surface area contributed by atoms with Crippen LogP contribution in [-0.2, 0) is 6.42 Å². The molecule has 3 N–H and O–H groups in total. The number of nitrogens with zero attached hydrogens (tertiary/aromatic N) is 2. The first-order chi connectivity index (χ1) is 10.8. The van der Waals surface area contributed by atoms with E-state index in [-0.39, 0.29) is 24.0 Å². The summed E-state index contributed by atoms with van der Waals surface area (Å²) in [4.78, 5) is 12.5. The Bertz CT molecular complexity index is 566. The Hall–Kier alpha value is -0.960. The van der Waals surface area contributed by atoms with Gasteiger partial charge in [-0.15, -0.1) is 24.0 Å². The monoisotopic (exact) mass is 447 g/mol. The van der Waals surface area contributed by atoms with Gasteiger partial charge in [0.1, 0.15) is 5.82 Å². The number of para-hydroxylation sites is 2. The molecule has 1 heterocycles. The van der Waals surface area contributed by atoms with Crippen LogP contribution < -0.4 is 10.6 Å². The van der Waals surface area contributed by atoms with Gasteiger partial charge in [-0.2, -0.15) is 11.8 Å². The first-order valence-electron chi connectivity index (χ1n) is 7.78. The Morgan fingerprint density at radius 1 is 1.30 bits per heavy atom. The van der Waals surface area contributed by atoms with Gasteiger partial charge in [0, 0.05) is 31.8 Å². The number of aryl methyl sites for hydroxylation is 1. The number of aromatic amines is 1. The van der Waals surface area contributed by atoms with Crippen LogP contribution in [0.2, 0.25) is 0 Å². The molecule has 0 unspecified atom stereocenters. The summed E-state index contributed by atoms with van der Waals surface area (Å²) in [6.45, 7) is 4.71. The second kappa shape index (κ2) is 11.6. The van der Waals surface area contributed by atoms with Crippen molar-refractivity contribution in [3.8, 4) is 0 Å². The Balaban J connectivity index is 0.00000264. The third-order valence-electron chi connectivity index (χ3n) is 3.22. The lowest BCUT2D eigenvalue weighted by Gasteiger charge is -2.10. The van der Waals surface area contributed by atoms with Crippen LogP contribution in [0.15, 0.2) is 29.3 Å². The fourth-order valence-electron chi connectivity index (χ4n) is 2.17. The Morgan fingerprint density at radius 2 is 2.13 bits per heavy atom. The number of guanidine groups is 1. The Labute approximate surface area is 159 Å². The molecule has 23 heavy (non-hydrogen) atoms. The lowest BCUT2D eigenvalue weighted by atomic mass is 10.3. The van der Waals surface area contributed by atoms with Crippen LogP contribution in [0.3, 0.4) is 0 Å². The van der Waals surface area contributed by atoms with Crippen molar-refractivity contribution in [2.24, 2.45) is 4.99 Å². The molecule has 0 aliphatic carbocycles. The largest absolute Gasteiger partial charge is 0.357 e. The van der Waals surface area contributed by atoms with Crippen molar-refractivity contribution in [2.75, 3.05) is 31.6 Å². The maximum Gasteiger partial charge on any atom is 0.191 e. The van der Waals surface area contributed by atoms with Crippen molar-refractivity contribution >= 4 is 52.7 Å². The van der Waals surface area contributed by atoms with E-state index in [1.54, 1.807) is 0 Å². The molecule has 0 fully saturated rings. The van der Waals surface area contributed by atoms with E-state index in [1.807, 2.05) is 30.0 Å². The topological polar surface area (TPSA) is 65.1 Å². The number of aromatic nitrogens is 2. The summed E-state index contributed by atoms with van der Waals surface area (Å²) in [5.74, 6) is 3.03. The number of aliphatic imine (C=N–C) groups is 1. The van der Waals surface area contributed by atoms with E-state index >= 15 is 0 Å². The van der Waals surface area contributed by atoms with Crippen LogP contribution in [0.4, 0.5) is 0 Å². The van der Waals surface area contributed by atoms with Crippen LogP contribution in [0, 0.1) is 0 Å². The van der Waals surface area contributed by atoms with Crippen molar-refractivity contribution in [1.29, 1.82) is 0 Å². The zero-order valence-electron chi connectivity index (χ0n) is 13.8. The van der Waals surface area contributed by atoms with Gasteiger partial charge in [0.15, 0.2) is 5.96 Å². The number of H-pyrrole nitrogens is 1. The molecule has 7 heteroatoms. The van der Waals surface area contributed by atoms with Gasteiger partial charge in [0.25, 0.3) is 0 Å². The van der Waals surface area contributed by atoms with E-state index < -0.39 is 0 Å². The molecular weight excluding hydrogens is 421 g/mol. The van der Waals surface area contributed by atoms with Crippen LogP contribution >= 0.6 is 35.7 Å². The molecule has 2 aromatic rings. The third kappa shape index (κ3) is 6.99. The summed E-state index contributed by atoms with van der Waals surface area (Å²) in [5, 5.41) is 6.60. The average molecular weight is 447 g/mol. The van der Waals surface area contributed by atoms with E-state index in [1.165, 1.54) is 0 Å². The highest BCUT2D eigenvalue weighted by atomic mass is 127. The number of hydrogen-bond donors (Lipinski definition) is 3. The SMILES string of the molecule is CCNC(=NCCCc1nc2ccccc2[nH]1)NCCSC.I. The van der Waals surface area contributed by atoms with Crippen molar-refractivity contribution in [3.05, 3.63) is 30.1 Å². The van der Waals surface area contributed by atoms with Gasteiger partial charge in [-0.3, -0.25) is 4.99 Å². The van der Waals surface area contributed by atoms with Crippen molar-refractivity contribution < 1.29 is 0 Å². The highest BCUT2D eigenvalue weighted by molar-refractivity contribution is 14.0. The average Bonchev–Trinajstić information content (AvgIpc) is 2.94. The predicted molar refractivity (Wildman–Crippen MR) is 112 cm³/mol. The van der Waals surface area contributed by atoms with E-state index in [9.17, 15) is 0 Å². The molecule has 1 aromatic carbocycles. The van der Waals surface area contributed by atoms with Crippen molar-refractivity contribution in [3.63, 3.8) is 0 Å². The maximum absolute atomic E-state index is 4.60. The van der Waals surface area contributed by atoms with Crippen molar-refractivity contribution in [1.82, 2.24) is 20.6 Å². The Kier molecular flexibility index (Phi) is 10.1. The second-order valence-corrected chi connectivity index (χ2v) is 5.97. The van der Waals surface area contributed by atoms with Crippen LogP contribution in [0.1, 0.15) is 19.2 Å². The molecule has 0 aliphatic rings.